The lowest BCUT2D eigenvalue weighted by molar-refractivity contribution is 0.440. The van der Waals surface area contributed by atoms with Crippen molar-refractivity contribution in [2.24, 2.45) is 16.5 Å². The van der Waals surface area contributed by atoms with Gasteiger partial charge in [0, 0.05) is 13.7 Å². The van der Waals surface area contributed by atoms with Crippen LogP contribution in [-0.4, -0.2) is 29.4 Å². The Morgan fingerprint density at radius 1 is 1.60 bits per heavy atom. The summed E-state index contributed by atoms with van der Waals surface area (Å²) in [6, 6.07) is 1.04. The molecule has 0 aromatic carbocycles. The Kier molecular flexibility index (Phi) is 6.20. The minimum absolute atomic E-state index is 0.167. The third-order valence-corrected chi connectivity index (χ3v) is 1.72. The van der Waals surface area contributed by atoms with Gasteiger partial charge in [0.25, 0.3) is 0 Å². The second kappa shape index (κ2) is 6.57. The van der Waals surface area contributed by atoms with Crippen LogP contribution in [0.25, 0.3) is 0 Å². The predicted octanol–water partition coefficient (Wildman–Crippen LogP) is -0.666. The third kappa shape index (κ3) is 7.45. The predicted molar refractivity (Wildman–Crippen MR) is 42.9 cm³/mol. The summed E-state index contributed by atoms with van der Waals surface area (Å²) in [5, 5.41) is 0. The maximum Gasteiger partial charge on any atom is 0.229 e. The molecule has 0 aliphatic rings. The first-order valence-electron chi connectivity index (χ1n) is 3.08. The SMILES string of the molecule is CO[Si]CCCN=C(N)N. The van der Waals surface area contributed by atoms with E-state index in [4.69, 9.17) is 15.9 Å². The number of hydrogen-bond donors (Lipinski definition) is 2. The highest BCUT2D eigenvalue weighted by Crippen LogP contribution is 1.88. The fraction of sp³-hybridized carbons (Fsp3) is 0.800. The Bertz CT molecular complexity index is 103. The summed E-state index contributed by atoms with van der Waals surface area (Å²) in [4.78, 5) is 3.82. The van der Waals surface area contributed by atoms with E-state index in [0.29, 0.717) is 16.3 Å². The first kappa shape index (κ1) is 9.45. The Hall–Kier alpha value is -0.553. The normalized spacial score (nSPS) is 9.30. The lowest BCUT2D eigenvalue weighted by Crippen LogP contribution is -2.22. The van der Waals surface area contributed by atoms with Crippen LogP contribution in [0.5, 0.6) is 0 Å². The maximum atomic E-state index is 5.11. The third-order valence-electron chi connectivity index (χ3n) is 0.876. The number of nitrogens with two attached hydrogens (primary N) is 2. The summed E-state index contributed by atoms with van der Waals surface area (Å²) in [6.45, 7) is 0.707. The monoisotopic (exact) mass is 159 g/mol. The van der Waals surface area contributed by atoms with Gasteiger partial charge in [0.2, 0.25) is 9.76 Å². The standard InChI is InChI=1S/C5H13N3OSi/c1-9-10-4-2-3-8-5(6)7/h2-4H2,1H3,(H4,6,7,8). The molecule has 58 valence electrons. The van der Waals surface area contributed by atoms with Gasteiger partial charge in [-0.2, -0.15) is 0 Å². The van der Waals surface area contributed by atoms with Crippen molar-refractivity contribution in [1.29, 1.82) is 0 Å². The van der Waals surface area contributed by atoms with Crippen LogP contribution in [-0.2, 0) is 4.43 Å². The van der Waals surface area contributed by atoms with Gasteiger partial charge in [-0.1, -0.05) is 0 Å². The van der Waals surface area contributed by atoms with E-state index in [1.165, 1.54) is 0 Å². The van der Waals surface area contributed by atoms with E-state index in [1.54, 1.807) is 7.11 Å². The average Bonchev–Trinajstić information content (AvgIpc) is 1.87. The molecule has 0 unspecified atom stereocenters. The lowest BCUT2D eigenvalue weighted by Gasteiger charge is -1.93. The van der Waals surface area contributed by atoms with Gasteiger partial charge in [-0.25, -0.2) is 0 Å². The minimum atomic E-state index is 0.167. The summed E-state index contributed by atoms with van der Waals surface area (Å²) in [7, 11) is 2.26. The zero-order valence-electron chi connectivity index (χ0n) is 6.13. The van der Waals surface area contributed by atoms with Gasteiger partial charge in [0.1, 0.15) is 0 Å². The van der Waals surface area contributed by atoms with Crippen molar-refractivity contribution < 1.29 is 4.43 Å². The molecule has 0 fully saturated rings. The van der Waals surface area contributed by atoms with Gasteiger partial charge in [0.05, 0.1) is 0 Å². The summed E-state index contributed by atoms with van der Waals surface area (Å²) >= 11 is 0. The Labute approximate surface area is 63.6 Å². The number of nitrogens with zero attached hydrogens (tertiary/aromatic N) is 1. The van der Waals surface area contributed by atoms with Crippen LogP contribution in [0.15, 0.2) is 4.99 Å². The zero-order valence-corrected chi connectivity index (χ0v) is 7.13. The number of guanidine groups is 1. The lowest BCUT2D eigenvalue weighted by atomic mass is 10.5. The van der Waals surface area contributed by atoms with Crippen LogP contribution in [0.2, 0.25) is 6.04 Å². The number of hydrogen-bond acceptors (Lipinski definition) is 2. The van der Waals surface area contributed by atoms with E-state index in [9.17, 15) is 0 Å². The van der Waals surface area contributed by atoms with Crippen molar-refractivity contribution in [2.75, 3.05) is 13.7 Å². The maximum absolute atomic E-state index is 5.11. The van der Waals surface area contributed by atoms with Crippen molar-refractivity contribution in [2.45, 2.75) is 12.5 Å². The zero-order chi connectivity index (χ0) is 7.82. The molecule has 0 spiro atoms. The van der Waals surface area contributed by atoms with Gasteiger partial charge in [-0.3, -0.25) is 4.99 Å². The molecule has 2 radical (unpaired) electrons. The van der Waals surface area contributed by atoms with Gasteiger partial charge < -0.3 is 15.9 Å². The smallest absolute Gasteiger partial charge is 0.229 e. The van der Waals surface area contributed by atoms with Crippen molar-refractivity contribution >= 4 is 15.7 Å². The second-order valence-electron chi connectivity index (χ2n) is 1.76. The van der Waals surface area contributed by atoms with E-state index in [-0.39, 0.29) is 5.96 Å². The van der Waals surface area contributed by atoms with Crippen LogP contribution in [0.4, 0.5) is 0 Å². The number of aliphatic imine (C=N–C) groups is 1. The molecule has 0 bridgehead atoms. The summed E-state index contributed by atoms with van der Waals surface area (Å²) < 4.78 is 4.87. The largest absolute Gasteiger partial charge is 0.421 e. The fourth-order valence-electron chi connectivity index (χ4n) is 0.461. The van der Waals surface area contributed by atoms with Gasteiger partial charge in [-0.15, -0.1) is 0 Å². The van der Waals surface area contributed by atoms with Crippen molar-refractivity contribution in [3.63, 3.8) is 0 Å². The molecule has 5 heteroatoms. The Morgan fingerprint density at radius 2 is 2.30 bits per heavy atom. The molecule has 0 heterocycles. The van der Waals surface area contributed by atoms with E-state index in [2.05, 4.69) is 4.99 Å². The molecule has 0 atom stereocenters. The summed E-state index contributed by atoms with van der Waals surface area (Å²) in [6.07, 6.45) is 0.990. The van der Waals surface area contributed by atoms with Crippen molar-refractivity contribution in [3.05, 3.63) is 0 Å². The highest BCUT2D eigenvalue weighted by atomic mass is 28.2. The van der Waals surface area contributed by atoms with E-state index in [1.807, 2.05) is 0 Å². The molecule has 10 heavy (non-hydrogen) atoms. The Morgan fingerprint density at radius 3 is 2.80 bits per heavy atom. The first-order valence-corrected chi connectivity index (χ1v) is 4.20. The molecule has 0 aliphatic carbocycles. The van der Waals surface area contributed by atoms with Crippen LogP contribution in [0.1, 0.15) is 6.42 Å². The fourth-order valence-corrected chi connectivity index (χ4v) is 0.968. The molecule has 0 saturated heterocycles. The van der Waals surface area contributed by atoms with Crippen LogP contribution >= 0.6 is 0 Å². The minimum Gasteiger partial charge on any atom is -0.421 e. The van der Waals surface area contributed by atoms with Gasteiger partial charge >= 0.3 is 0 Å². The molecule has 0 rings (SSSR count). The van der Waals surface area contributed by atoms with E-state index < -0.39 is 0 Å². The topological polar surface area (TPSA) is 73.6 Å². The van der Waals surface area contributed by atoms with E-state index >= 15 is 0 Å². The van der Waals surface area contributed by atoms with Crippen LogP contribution in [0, 0.1) is 0 Å². The van der Waals surface area contributed by atoms with E-state index in [0.717, 1.165) is 12.5 Å². The number of rotatable bonds is 5. The highest BCUT2D eigenvalue weighted by molar-refractivity contribution is 6.26. The summed E-state index contributed by atoms with van der Waals surface area (Å²) in [5.41, 5.74) is 10.2. The highest BCUT2D eigenvalue weighted by Gasteiger charge is 1.87. The molecular formula is C5H13N3OSi. The quantitative estimate of drug-likeness (QED) is 0.242. The molecule has 0 aromatic heterocycles. The van der Waals surface area contributed by atoms with Crippen LogP contribution < -0.4 is 11.5 Å². The molecular weight excluding hydrogens is 146 g/mol. The summed E-state index contributed by atoms with van der Waals surface area (Å²) in [5.74, 6) is 0.167. The molecule has 0 saturated carbocycles. The Balaban J connectivity index is 2.98. The molecule has 4 N–H and O–H groups in total. The van der Waals surface area contributed by atoms with Crippen molar-refractivity contribution in [1.82, 2.24) is 0 Å². The van der Waals surface area contributed by atoms with Crippen molar-refractivity contribution in [3.8, 4) is 0 Å². The first-order chi connectivity index (χ1) is 4.77. The van der Waals surface area contributed by atoms with Crippen LogP contribution in [0.3, 0.4) is 0 Å². The molecule has 4 nitrogen and oxygen atoms in total. The molecule has 0 aromatic rings. The van der Waals surface area contributed by atoms with Gasteiger partial charge in [0.15, 0.2) is 5.96 Å². The average molecular weight is 159 g/mol. The second-order valence-corrected chi connectivity index (χ2v) is 2.96. The van der Waals surface area contributed by atoms with Gasteiger partial charge in [-0.05, 0) is 12.5 Å². The molecule has 0 aliphatic heterocycles. The molecule has 0 amide bonds.